The molecule has 2 rings (SSSR count). The van der Waals surface area contributed by atoms with Crippen LogP contribution in [0.25, 0.3) is 0 Å². The molecule has 1 aliphatic rings. The van der Waals surface area contributed by atoms with E-state index in [4.69, 9.17) is 4.74 Å². The highest BCUT2D eigenvalue weighted by atomic mass is 16.5. The van der Waals surface area contributed by atoms with Gasteiger partial charge in [0.2, 0.25) is 0 Å². The number of hydrogen-bond acceptors (Lipinski definition) is 2. The second-order valence-corrected chi connectivity index (χ2v) is 6.38. The number of benzene rings is 1. The third kappa shape index (κ3) is 5.44. The molecule has 1 fully saturated rings. The van der Waals surface area contributed by atoms with Crippen molar-refractivity contribution in [1.82, 2.24) is 5.32 Å². The molecule has 0 amide bonds. The van der Waals surface area contributed by atoms with E-state index in [1.165, 1.54) is 44.1 Å². The molecule has 1 saturated carbocycles. The van der Waals surface area contributed by atoms with E-state index in [9.17, 15) is 0 Å². The summed E-state index contributed by atoms with van der Waals surface area (Å²) in [5.74, 6) is 0.810. The van der Waals surface area contributed by atoms with Crippen LogP contribution in [0.15, 0.2) is 24.3 Å². The molecule has 0 aromatic heterocycles. The topological polar surface area (TPSA) is 21.3 Å². The minimum Gasteiger partial charge on any atom is -0.385 e. The number of ether oxygens (including phenoxy) is 1. The summed E-state index contributed by atoms with van der Waals surface area (Å²) in [5.41, 5.74) is 2.95. The fourth-order valence-corrected chi connectivity index (χ4v) is 3.30. The Labute approximate surface area is 130 Å². The predicted molar refractivity (Wildman–Crippen MR) is 89.8 cm³/mol. The lowest BCUT2D eigenvalue weighted by Crippen LogP contribution is -2.20. The van der Waals surface area contributed by atoms with E-state index in [1.807, 2.05) is 0 Å². The van der Waals surface area contributed by atoms with Gasteiger partial charge in [0.05, 0.1) is 0 Å². The van der Waals surface area contributed by atoms with Gasteiger partial charge in [0.25, 0.3) is 0 Å². The van der Waals surface area contributed by atoms with Crippen molar-refractivity contribution >= 4 is 0 Å². The molecule has 118 valence electrons. The summed E-state index contributed by atoms with van der Waals surface area (Å²) in [6, 6.07) is 9.78. The predicted octanol–water partition coefficient (Wildman–Crippen LogP) is 4.81. The van der Waals surface area contributed by atoms with Crippen LogP contribution in [0.2, 0.25) is 0 Å². The molecule has 0 saturated heterocycles. The zero-order valence-corrected chi connectivity index (χ0v) is 13.7. The standard InChI is InChI=1S/C19H31NO/c1-16(20-14-6-7-15-21-2)17-10-12-19(13-11-17)18-8-4-3-5-9-18/h10-13,16,18,20H,3-9,14-15H2,1-2H3. The molecule has 1 unspecified atom stereocenters. The summed E-state index contributed by atoms with van der Waals surface area (Å²) < 4.78 is 5.08. The summed E-state index contributed by atoms with van der Waals surface area (Å²) in [5, 5.41) is 3.60. The van der Waals surface area contributed by atoms with Gasteiger partial charge in [-0.25, -0.2) is 0 Å². The van der Waals surface area contributed by atoms with Crippen molar-refractivity contribution in [3.8, 4) is 0 Å². The van der Waals surface area contributed by atoms with E-state index in [0.29, 0.717) is 6.04 Å². The Balaban J connectivity index is 1.77. The second kappa shape index (κ2) is 9.22. The monoisotopic (exact) mass is 289 g/mol. The molecule has 0 bridgehead atoms. The Morgan fingerprint density at radius 3 is 2.48 bits per heavy atom. The lowest BCUT2D eigenvalue weighted by Gasteiger charge is -2.22. The van der Waals surface area contributed by atoms with Crippen LogP contribution in [-0.2, 0) is 4.74 Å². The van der Waals surface area contributed by atoms with Crippen LogP contribution >= 0.6 is 0 Å². The van der Waals surface area contributed by atoms with Gasteiger partial charge in [-0.3, -0.25) is 0 Å². The molecule has 1 aromatic rings. The molecule has 0 aliphatic heterocycles. The Bertz CT molecular complexity index is 381. The van der Waals surface area contributed by atoms with Crippen LogP contribution in [0, 0.1) is 0 Å². The Morgan fingerprint density at radius 1 is 1.10 bits per heavy atom. The average molecular weight is 289 g/mol. The van der Waals surface area contributed by atoms with Crippen LogP contribution in [0.4, 0.5) is 0 Å². The molecular weight excluding hydrogens is 258 g/mol. The van der Waals surface area contributed by atoms with Gasteiger partial charge in [-0.2, -0.15) is 0 Å². The van der Waals surface area contributed by atoms with Gasteiger partial charge < -0.3 is 10.1 Å². The molecule has 1 atom stereocenters. The Morgan fingerprint density at radius 2 is 1.81 bits per heavy atom. The van der Waals surface area contributed by atoms with E-state index in [2.05, 4.69) is 36.5 Å². The normalized spacial score (nSPS) is 17.8. The second-order valence-electron chi connectivity index (χ2n) is 6.38. The highest BCUT2D eigenvalue weighted by molar-refractivity contribution is 5.27. The summed E-state index contributed by atoms with van der Waals surface area (Å²) in [7, 11) is 1.77. The number of hydrogen-bond donors (Lipinski definition) is 1. The Hall–Kier alpha value is -0.860. The lowest BCUT2D eigenvalue weighted by molar-refractivity contribution is 0.192. The van der Waals surface area contributed by atoms with Crippen LogP contribution in [0.3, 0.4) is 0 Å². The van der Waals surface area contributed by atoms with Crippen molar-refractivity contribution in [3.63, 3.8) is 0 Å². The molecule has 0 heterocycles. The fourth-order valence-electron chi connectivity index (χ4n) is 3.30. The number of unbranched alkanes of at least 4 members (excludes halogenated alkanes) is 1. The van der Waals surface area contributed by atoms with Crippen molar-refractivity contribution in [3.05, 3.63) is 35.4 Å². The molecule has 2 heteroatoms. The van der Waals surface area contributed by atoms with Crippen LogP contribution in [0.5, 0.6) is 0 Å². The van der Waals surface area contributed by atoms with Gasteiger partial charge in [0.15, 0.2) is 0 Å². The fraction of sp³-hybridized carbons (Fsp3) is 0.684. The first kappa shape index (κ1) is 16.5. The smallest absolute Gasteiger partial charge is 0.0462 e. The minimum absolute atomic E-state index is 0.438. The molecule has 0 spiro atoms. The third-order valence-corrected chi connectivity index (χ3v) is 4.74. The maximum absolute atomic E-state index is 5.08. The first-order valence-corrected chi connectivity index (χ1v) is 8.63. The van der Waals surface area contributed by atoms with E-state index >= 15 is 0 Å². The molecule has 21 heavy (non-hydrogen) atoms. The molecular formula is C19H31NO. The zero-order chi connectivity index (χ0) is 14.9. The van der Waals surface area contributed by atoms with Crippen molar-refractivity contribution in [2.24, 2.45) is 0 Å². The van der Waals surface area contributed by atoms with E-state index in [-0.39, 0.29) is 0 Å². The molecule has 1 N–H and O–H groups in total. The molecule has 1 aliphatic carbocycles. The van der Waals surface area contributed by atoms with Crippen molar-refractivity contribution in [1.29, 1.82) is 0 Å². The van der Waals surface area contributed by atoms with Crippen molar-refractivity contribution < 1.29 is 4.74 Å². The maximum atomic E-state index is 5.08. The summed E-state index contributed by atoms with van der Waals surface area (Å²) in [6.45, 7) is 4.19. The summed E-state index contributed by atoms with van der Waals surface area (Å²) >= 11 is 0. The van der Waals surface area contributed by atoms with Crippen LogP contribution < -0.4 is 5.32 Å². The van der Waals surface area contributed by atoms with Gasteiger partial charge in [0.1, 0.15) is 0 Å². The molecule has 1 aromatic carbocycles. The molecule has 2 nitrogen and oxygen atoms in total. The van der Waals surface area contributed by atoms with Crippen LogP contribution in [0.1, 0.15) is 75.0 Å². The van der Waals surface area contributed by atoms with Gasteiger partial charge in [-0.05, 0) is 56.2 Å². The zero-order valence-electron chi connectivity index (χ0n) is 13.7. The van der Waals surface area contributed by atoms with Gasteiger partial charge >= 0.3 is 0 Å². The van der Waals surface area contributed by atoms with E-state index < -0.39 is 0 Å². The first-order valence-electron chi connectivity index (χ1n) is 8.63. The van der Waals surface area contributed by atoms with Gasteiger partial charge in [-0.1, -0.05) is 43.5 Å². The largest absolute Gasteiger partial charge is 0.385 e. The number of nitrogens with one attached hydrogen (secondary N) is 1. The first-order chi connectivity index (χ1) is 10.3. The summed E-state index contributed by atoms with van der Waals surface area (Å²) in [4.78, 5) is 0. The lowest BCUT2D eigenvalue weighted by atomic mass is 9.84. The van der Waals surface area contributed by atoms with E-state index in [1.54, 1.807) is 12.7 Å². The quantitative estimate of drug-likeness (QED) is 0.693. The maximum Gasteiger partial charge on any atom is 0.0462 e. The van der Waals surface area contributed by atoms with Crippen molar-refractivity contribution in [2.75, 3.05) is 20.3 Å². The van der Waals surface area contributed by atoms with Crippen molar-refractivity contribution in [2.45, 2.75) is 63.8 Å². The third-order valence-electron chi connectivity index (χ3n) is 4.74. The Kier molecular flexibility index (Phi) is 7.25. The number of rotatable bonds is 8. The highest BCUT2D eigenvalue weighted by Crippen LogP contribution is 2.32. The van der Waals surface area contributed by atoms with E-state index in [0.717, 1.165) is 25.5 Å². The van der Waals surface area contributed by atoms with Gasteiger partial charge in [0, 0.05) is 19.8 Å². The highest BCUT2D eigenvalue weighted by Gasteiger charge is 2.15. The minimum atomic E-state index is 0.438. The van der Waals surface area contributed by atoms with Gasteiger partial charge in [-0.15, -0.1) is 0 Å². The average Bonchev–Trinajstić information content (AvgIpc) is 2.55. The summed E-state index contributed by atoms with van der Waals surface area (Å²) in [6.07, 6.45) is 9.32. The SMILES string of the molecule is COCCCCNC(C)c1ccc(C2CCCCC2)cc1. The number of methoxy groups -OCH3 is 1. The van der Waals surface area contributed by atoms with Crippen LogP contribution in [-0.4, -0.2) is 20.3 Å². The molecule has 0 radical (unpaired) electrons.